The van der Waals surface area contributed by atoms with Crippen LogP contribution in [0.5, 0.6) is 0 Å². The highest BCUT2D eigenvalue weighted by Crippen LogP contribution is 2.33. The molecule has 1 unspecified atom stereocenters. The van der Waals surface area contributed by atoms with Crippen LogP contribution in [0.1, 0.15) is 63.0 Å². The molecule has 39 heavy (non-hydrogen) atoms. The molecule has 204 valence electrons. The zero-order valence-electron chi connectivity index (χ0n) is 21.4. The molecule has 1 aliphatic carbocycles. The van der Waals surface area contributed by atoms with Gasteiger partial charge in [-0.05, 0) is 78.8 Å². The van der Waals surface area contributed by atoms with E-state index in [9.17, 15) is 22.0 Å². The van der Waals surface area contributed by atoms with E-state index in [4.69, 9.17) is 0 Å². The summed E-state index contributed by atoms with van der Waals surface area (Å²) in [5.74, 6) is -1.65. The van der Waals surface area contributed by atoms with E-state index in [2.05, 4.69) is 13.0 Å². The Kier molecular flexibility index (Phi) is 8.84. The Labute approximate surface area is 223 Å². The number of alkyl halides is 3. The lowest BCUT2D eigenvalue weighted by Gasteiger charge is -2.19. The number of hydrogen-bond acceptors (Lipinski definition) is 0. The molecule has 0 aliphatic heterocycles. The first-order valence-corrected chi connectivity index (χ1v) is 12.9. The second-order valence-electron chi connectivity index (χ2n) is 9.80. The number of fused-ring (bicyclic) bond motifs is 1. The summed E-state index contributed by atoms with van der Waals surface area (Å²) in [5.41, 5.74) is 0.483. The molecule has 1 atom stereocenters. The highest BCUT2D eigenvalue weighted by Gasteiger charge is 2.24. The minimum Gasteiger partial charge on any atom is -0.206 e. The minimum absolute atomic E-state index is 0.0361. The van der Waals surface area contributed by atoms with E-state index in [1.807, 2.05) is 6.08 Å². The van der Waals surface area contributed by atoms with Crippen molar-refractivity contribution in [1.29, 1.82) is 0 Å². The predicted molar refractivity (Wildman–Crippen MR) is 141 cm³/mol. The van der Waals surface area contributed by atoms with E-state index >= 15 is 8.78 Å². The summed E-state index contributed by atoms with van der Waals surface area (Å²) in [6.45, 7) is 2.18. The summed E-state index contributed by atoms with van der Waals surface area (Å²) in [6, 6.07) is 6.75. The molecule has 0 amide bonds. The zero-order valence-corrected chi connectivity index (χ0v) is 21.4. The molecule has 4 rings (SSSR count). The van der Waals surface area contributed by atoms with Crippen molar-refractivity contribution in [2.45, 2.75) is 58.0 Å². The monoisotopic (exact) mass is 544 g/mol. The van der Waals surface area contributed by atoms with E-state index in [1.54, 1.807) is 6.08 Å². The second-order valence-corrected chi connectivity index (χ2v) is 9.80. The Morgan fingerprint density at radius 2 is 1.69 bits per heavy atom. The molecular formula is C32H27F7. The van der Waals surface area contributed by atoms with Crippen molar-refractivity contribution in [3.05, 3.63) is 88.5 Å². The molecule has 0 heterocycles. The maximum atomic E-state index is 15.0. The van der Waals surface area contributed by atoms with Crippen molar-refractivity contribution in [3.63, 3.8) is 0 Å². The van der Waals surface area contributed by atoms with E-state index in [1.165, 1.54) is 55.0 Å². The van der Waals surface area contributed by atoms with Crippen molar-refractivity contribution in [2.24, 2.45) is 5.92 Å². The fraction of sp³-hybridized carbons (Fsp3) is 0.312. The van der Waals surface area contributed by atoms with Gasteiger partial charge in [0.25, 0.3) is 0 Å². The molecule has 0 radical (unpaired) electrons. The average Bonchev–Trinajstić information content (AvgIpc) is 2.87. The van der Waals surface area contributed by atoms with Gasteiger partial charge < -0.3 is 0 Å². The number of unbranched alkanes of at least 4 members (excludes halogenated alkanes) is 2. The number of allylic oxidation sites excluding steroid dienone is 3. The van der Waals surface area contributed by atoms with Gasteiger partial charge >= 0.3 is 6.18 Å². The van der Waals surface area contributed by atoms with Crippen molar-refractivity contribution in [1.82, 2.24) is 0 Å². The summed E-state index contributed by atoms with van der Waals surface area (Å²) in [4.78, 5) is 0. The first-order chi connectivity index (χ1) is 18.6. The molecule has 0 fully saturated rings. The average molecular weight is 545 g/mol. The fourth-order valence-electron chi connectivity index (χ4n) is 4.86. The molecule has 0 saturated heterocycles. The van der Waals surface area contributed by atoms with E-state index in [0.717, 1.165) is 43.7 Å². The first-order valence-electron chi connectivity index (χ1n) is 12.9. The standard InChI is InChI=1S/C32H27F7/c1-2-3-4-5-20-6-8-21(9-7-20)10-11-22-16-28(34)30(29(35)17-22)23-12-13-25-24(18-23)19-27(33)26(31(25)36)14-15-32(37,38)39/h6,10-13,16-19,21H,2-5,7-9H2,1H3/b11-10+. The lowest BCUT2D eigenvalue weighted by atomic mass is 9.87. The third-order valence-electron chi connectivity index (χ3n) is 6.92. The maximum absolute atomic E-state index is 15.0. The SMILES string of the molecule is CCCCCC1=CCC(/C=C/c2cc(F)c(-c3ccc4c(F)c(C#CC(F)(F)F)c(F)cc4c3)c(F)c2)CC1. The van der Waals surface area contributed by atoms with Crippen LogP contribution in [-0.2, 0) is 0 Å². The van der Waals surface area contributed by atoms with Crippen LogP contribution in [0, 0.1) is 41.0 Å². The first kappa shape index (κ1) is 28.5. The van der Waals surface area contributed by atoms with Crippen molar-refractivity contribution in [3.8, 4) is 23.0 Å². The van der Waals surface area contributed by atoms with Gasteiger partial charge in [0.2, 0.25) is 0 Å². The van der Waals surface area contributed by atoms with Gasteiger partial charge in [-0.2, -0.15) is 13.2 Å². The summed E-state index contributed by atoms with van der Waals surface area (Å²) in [6.07, 6.45) is 8.68. The van der Waals surface area contributed by atoms with Crippen LogP contribution >= 0.6 is 0 Å². The Morgan fingerprint density at radius 3 is 2.33 bits per heavy atom. The van der Waals surface area contributed by atoms with Crippen molar-refractivity contribution < 1.29 is 30.7 Å². The predicted octanol–water partition coefficient (Wildman–Crippen LogP) is 10.3. The Bertz CT molecular complexity index is 1460. The second kappa shape index (κ2) is 12.1. The van der Waals surface area contributed by atoms with Crippen LogP contribution < -0.4 is 0 Å². The van der Waals surface area contributed by atoms with Crippen LogP contribution in [0.25, 0.3) is 28.0 Å². The molecular weight excluding hydrogens is 517 g/mol. The lowest BCUT2D eigenvalue weighted by molar-refractivity contribution is -0.0696. The smallest absolute Gasteiger partial charge is 0.206 e. The van der Waals surface area contributed by atoms with Gasteiger partial charge in [0.1, 0.15) is 23.3 Å². The third-order valence-corrected chi connectivity index (χ3v) is 6.92. The normalized spacial score (nSPS) is 15.9. The van der Waals surface area contributed by atoms with Gasteiger partial charge in [-0.1, -0.05) is 61.6 Å². The van der Waals surface area contributed by atoms with Gasteiger partial charge in [0, 0.05) is 11.3 Å². The minimum atomic E-state index is -4.92. The van der Waals surface area contributed by atoms with Gasteiger partial charge in [-0.25, -0.2) is 17.6 Å². The van der Waals surface area contributed by atoms with Gasteiger partial charge in [0.05, 0.1) is 11.1 Å². The quantitative estimate of drug-likeness (QED) is 0.120. The molecule has 3 aromatic rings. The fourth-order valence-corrected chi connectivity index (χ4v) is 4.86. The van der Waals surface area contributed by atoms with E-state index < -0.39 is 35.0 Å². The van der Waals surface area contributed by atoms with Gasteiger partial charge in [-0.15, -0.1) is 0 Å². The number of benzene rings is 3. The van der Waals surface area contributed by atoms with Crippen molar-refractivity contribution in [2.75, 3.05) is 0 Å². The van der Waals surface area contributed by atoms with E-state index in [0.29, 0.717) is 11.5 Å². The summed E-state index contributed by atoms with van der Waals surface area (Å²) >= 11 is 0. The summed E-state index contributed by atoms with van der Waals surface area (Å²) < 4.78 is 96.3. The van der Waals surface area contributed by atoms with Crippen molar-refractivity contribution >= 4 is 16.8 Å². The van der Waals surface area contributed by atoms with E-state index in [-0.39, 0.29) is 21.9 Å². The third kappa shape index (κ3) is 7.11. The Balaban J connectivity index is 1.55. The maximum Gasteiger partial charge on any atom is 0.458 e. The zero-order chi connectivity index (χ0) is 28.2. The molecule has 1 aliphatic rings. The Morgan fingerprint density at radius 1 is 0.949 bits per heavy atom. The largest absolute Gasteiger partial charge is 0.458 e. The molecule has 0 N–H and O–H groups in total. The van der Waals surface area contributed by atoms with Crippen LogP contribution in [0.4, 0.5) is 30.7 Å². The van der Waals surface area contributed by atoms with Crippen LogP contribution in [0.2, 0.25) is 0 Å². The number of halogens is 7. The topological polar surface area (TPSA) is 0 Å². The molecule has 0 nitrogen and oxygen atoms in total. The molecule has 0 spiro atoms. The number of hydrogen-bond donors (Lipinski definition) is 0. The van der Waals surface area contributed by atoms with Crippen LogP contribution in [0.15, 0.2) is 54.1 Å². The summed E-state index contributed by atoms with van der Waals surface area (Å²) in [5, 5.41) is -0.288. The van der Waals surface area contributed by atoms with Gasteiger partial charge in [-0.3, -0.25) is 0 Å². The highest BCUT2D eigenvalue weighted by molar-refractivity contribution is 5.89. The molecule has 3 aromatic carbocycles. The molecule has 0 bridgehead atoms. The molecule has 0 saturated carbocycles. The van der Waals surface area contributed by atoms with Crippen LogP contribution in [-0.4, -0.2) is 6.18 Å². The van der Waals surface area contributed by atoms with Gasteiger partial charge in [0.15, 0.2) is 0 Å². The number of rotatable bonds is 7. The Hall–Kier alpha value is -3.53. The molecule has 0 aromatic heterocycles. The summed E-state index contributed by atoms with van der Waals surface area (Å²) in [7, 11) is 0. The lowest BCUT2D eigenvalue weighted by Crippen LogP contribution is -2.03. The van der Waals surface area contributed by atoms with Crippen LogP contribution in [0.3, 0.4) is 0 Å². The highest BCUT2D eigenvalue weighted by atomic mass is 19.4. The molecule has 7 heteroatoms.